The lowest BCUT2D eigenvalue weighted by Gasteiger charge is -2.34. The molecule has 5 rings (SSSR count). The van der Waals surface area contributed by atoms with Crippen molar-refractivity contribution in [3.8, 4) is 5.75 Å². The molecule has 4 aromatic rings. The molecule has 1 atom stereocenters. The van der Waals surface area contributed by atoms with E-state index in [-0.39, 0.29) is 35.5 Å². The van der Waals surface area contributed by atoms with Crippen LogP contribution < -0.4 is 14.4 Å². The summed E-state index contributed by atoms with van der Waals surface area (Å²) in [5.41, 5.74) is 3.32. The van der Waals surface area contributed by atoms with Gasteiger partial charge in [0.2, 0.25) is 11.8 Å². The van der Waals surface area contributed by atoms with Crippen LogP contribution in [-0.4, -0.2) is 50.9 Å². The lowest BCUT2D eigenvalue weighted by Crippen LogP contribution is -2.54. The second-order valence-electron chi connectivity index (χ2n) is 12.3. The molecule has 8 nitrogen and oxygen atoms in total. The molecule has 2 amide bonds. The van der Waals surface area contributed by atoms with Gasteiger partial charge in [0, 0.05) is 24.0 Å². The smallest absolute Gasteiger partial charge is 0.264 e. The molecular formula is C38H42ClN3O5S. The van der Waals surface area contributed by atoms with E-state index in [0.29, 0.717) is 16.3 Å². The van der Waals surface area contributed by atoms with Crippen LogP contribution in [0.1, 0.15) is 47.9 Å². The first-order chi connectivity index (χ1) is 23.1. The maximum atomic E-state index is 14.8. The molecule has 1 unspecified atom stereocenters. The Kier molecular flexibility index (Phi) is 11.4. The fraction of sp³-hybridized carbons (Fsp3) is 0.316. The second kappa shape index (κ2) is 15.7. The molecule has 1 aliphatic rings. The van der Waals surface area contributed by atoms with Crippen molar-refractivity contribution in [1.29, 1.82) is 0 Å². The number of carbonyl (C=O) groups is 2. The summed E-state index contributed by atoms with van der Waals surface area (Å²) in [4.78, 5) is 30.5. The number of benzene rings is 4. The molecule has 48 heavy (non-hydrogen) atoms. The predicted molar refractivity (Wildman–Crippen MR) is 190 cm³/mol. The lowest BCUT2D eigenvalue weighted by atomic mass is 10.0. The maximum absolute atomic E-state index is 14.8. The van der Waals surface area contributed by atoms with Gasteiger partial charge in [0.25, 0.3) is 10.0 Å². The highest BCUT2D eigenvalue weighted by Crippen LogP contribution is 2.32. The van der Waals surface area contributed by atoms with Gasteiger partial charge >= 0.3 is 0 Å². The third kappa shape index (κ3) is 8.38. The number of rotatable bonds is 13. The van der Waals surface area contributed by atoms with Gasteiger partial charge in [0.1, 0.15) is 18.3 Å². The average Bonchev–Trinajstić information content (AvgIpc) is 3.60. The van der Waals surface area contributed by atoms with Crippen LogP contribution >= 0.6 is 11.6 Å². The van der Waals surface area contributed by atoms with Crippen molar-refractivity contribution >= 4 is 39.1 Å². The van der Waals surface area contributed by atoms with E-state index in [0.717, 1.165) is 46.7 Å². The normalized spacial score (nSPS) is 13.9. The second-order valence-corrected chi connectivity index (χ2v) is 14.5. The number of nitrogens with one attached hydrogen (secondary N) is 1. The largest absolute Gasteiger partial charge is 0.497 e. The van der Waals surface area contributed by atoms with Crippen molar-refractivity contribution in [2.75, 3.05) is 18.0 Å². The number of hydrogen-bond donors (Lipinski definition) is 1. The Bertz CT molecular complexity index is 1830. The summed E-state index contributed by atoms with van der Waals surface area (Å²) in [6.45, 7) is 3.10. The van der Waals surface area contributed by atoms with Gasteiger partial charge in [0.05, 0.1) is 17.7 Å². The number of hydrogen-bond acceptors (Lipinski definition) is 5. The van der Waals surface area contributed by atoms with Gasteiger partial charge in [-0.25, -0.2) is 8.42 Å². The predicted octanol–water partition coefficient (Wildman–Crippen LogP) is 6.86. The SMILES string of the molecule is COc1cccc(CN(C(=O)CN(c2cccc(Cl)c2C)S(=O)(=O)c2ccc(C)cc2)C(Cc2ccccc2)C(=O)NC2CCCC2)c1. The first-order valence-electron chi connectivity index (χ1n) is 16.2. The van der Waals surface area contributed by atoms with E-state index in [4.69, 9.17) is 16.3 Å². The fourth-order valence-corrected chi connectivity index (χ4v) is 7.75. The van der Waals surface area contributed by atoms with Crippen molar-refractivity contribution in [3.05, 3.63) is 124 Å². The molecule has 1 aliphatic carbocycles. The summed E-state index contributed by atoms with van der Waals surface area (Å²) in [7, 11) is -2.67. The zero-order valence-electron chi connectivity index (χ0n) is 27.6. The van der Waals surface area contributed by atoms with Crippen LogP contribution in [0.5, 0.6) is 5.75 Å². The summed E-state index contributed by atoms with van der Waals surface area (Å²) in [5, 5.41) is 3.57. The van der Waals surface area contributed by atoms with E-state index in [2.05, 4.69) is 5.32 Å². The van der Waals surface area contributed by atoms with E-state index in [1.807, 2.05) is 61.5 Å². The molecule has 0 aromatic heterocycles. The number of amides is 2. The van der Waals surface area contributed by atoms with Crippen LogP contribution in [0.25, 0.3) is 0 Å². The first kappa shape index (κ1) is 35.0. The van der Waals surface area contributed by atoms with Crippen LogP contribution in [0.4, 0.5) is 5.69 Å². The molecule has 252 valence electrons. The van der Waals surface area contributed by atoms with E-state index in [1.165, 1.54) is 17.0 Å². The Hall–Kier alpha value is -4.34. The number of anilines is 1. The number of nitrogens with zero attached hydrogens (tertiary/aromatic N) is 2. The zero-order chi connectivity index (χ0) is 34.3. The molecule has 0 spiro atoms. The number of methoxy groups -OCH3 is 1. The zero-order valence-corrected chi connectivity index (χ0v) is 29.1. The maximum Gasteiger partial charge on any atom is 0.264 e. The fourth-order valence-electron chi connectivity index (χ4n) is 6.11. The van der Waals surface area contributed by atoms with Crippen molar-refractivity contribution in [3.63, 3.8) is 0 Å². The number of sulfonamides is 1. The van der Waals surface area contributed by atoms with E-state index in [1.54, 1.807) is 44.4 Å². The molecule has 1 fully saturated rings. The third-order valence-corrected chi connectivity index (χ3v) is 11.0. The molecule has 1 N–H and O–H groups in total. The van der Waals surface area contributed by atoms with Crippen molar-refractivity contribution in [2.24, 2.45) is 0 Å². The van der Waals surface area contributed by atoms with Gasteiger partial charge in [-0.05, 0) is 79.8 Å². The van der Waals surface area contributed by atoms with Crippen LogP contribution in [0.15, 0.2) is 102 Å². The summed E-state index contributed by atoms with van der Waals surface area (Å²) >= 11 is 6.49. The molecule has 0 bridgehead atoms. The topological polar surface area (TPSA) is 96.0 Å². The highest BCUT2D eigenvalue weighted by atomic mass is 35.5. The monoisotopic (exact) mass is 687 g/mol. The van der Waals surface area contributed by atoms with Crippen LogP contribution in [0, 0.1) is 13.8 Å². The molecule has 10 heteroatoms. The van der Waals surface area contributed by atoms with Crippen LogP contribution in [0.2, 0.25) is 5.02 Å². The number of carbonyl (C=O) groups excluding carboxylic acids is 2. The van der Waals surface area contributed by atoms with Gasteiger partial charge in [-0.3, -0.25) is 13.9 Å². The van der Waals surface area contributed by atoms with Crippen LogP contribution in [-0.2, 0) is 32.6 Å². The molecule has 0 saturated heterocycles. The Morgan fingerprint density at radius 1 is 0.896 bits per heavy atom. The molecule has 0 radical (unpaired) electrons. The van der Waals surface area contributed by atoms with E-state index < -0.39 is 28.5 Å². The molecule has 4 aromatic carbocycles. The summed E-state index contributed by atoms with van der Waals surface area (Å²) in [6.07, 6.45) is 4.07. The van der Waals surface area contributed by atoms with Gasteiger partial charge in [-0.15, -0.1) is 0 Å². The van der Waals surface area contributed by atoms with Crippen molar-refractivity contribution in [1.82, 2.24) is 10.2 Å². The quantitative estimate of drug-likeness (QED) is 0.166. The number of aryl methyl sites for hydroxylation is 1. The summed E-state index contributed by atoms with van der Waals surface area (Å²) in [6, 6.07) is 27.4. The number of ether oxygens (including phenoxy) is 1. The first-order valence-corrected chi connectivity index (χ1v) is 18.0. The van der Waals surface area contributed by atoms with Gasteiger partial charge in [-0.2, -0.15) is 0 Å². The van der Waals surface area contributed by atoms with E-state index in [9.17, 15) is 18.0 Å². The highest BCUT2D eigenvalue weighted by Gasteiger charge is 2.36. The van der Waals surface area contributed by atoms with Gasteiger partial charge in [-0.1, -0.05) is 90.7 Å². The van der Waals surface area contributed by atoms with Crippen LogP contribution in [0.3, 0.4) is 0 Å². The Morgan fingerprint density at radius 3 is 2.25 bits per heavy atom. The molecular weight excluding hydrogens is 646 g/mol. The minimum atomic E-state index is -4.24. The van der Waals surface area contributed by atoms with Crippen molar-refractivity contribution in [2.45, 2.75) is 69.5 Å². The highest BCUT2D eigenvalue weighted by molar-refractivity contribution is 7.92. The standard InChI is InChI=1S/C38H42ClN3O5S/c1-27-19-21-33(22-20-27)48(45,46)42(35-18-10-17-34(39)28(35)2)26-37(43)41(25-30-13-9-16-32(23-30)47-3)36(24-29-11-5-4-6-12-29)38(44)40-31-14-7-8-15-31/h4-6,9-13,16-23,31,36H,7-8,14-15,24-26H2,1-3H3,(H,40,44). The lowest BCUT2D eigenvalue weighted by molar-refractivity contribution is -0.140. The minimum absolute atomic E-state index is 0.0251. The Balaban J connectivity index is 1.60. The average molecular weight is 688 g/mol. The minimum Gasteiger partial charge on any atom is -0.497 e. The number of halogens is 1. The molecule has 1 saturated carbocycles. The molecule has 0 heterocycles. The summed E-state index contributed by atoms with van der Waals surface area (Å²) < 4.78 is 35.3. The van der Waals surface area contributed by atoms with Gasteiger partial charge < -0.3 is 15.0 Å². The Morgan fingerprint density at radius 2 is 1.56 bits per heavy atom. The third-order valence-electron chi connectivity index (χ3n) is 8.86. The van der Waals surface area contributed by atoms with Gasteiger partial charge in [0.15, 0.2) is 0 Å². The summed E-state index contributed by atoms with van der Waals surface area (Å²) in [5.74, 6) is -0.197. The Labute approximate surface area is 288 Å². The molecule has 0 aliphatic heterocycles. The van der Waals surface area contributed by atoms with E-state index >= 15 is 0 Å². The van der Waals surface area contributed by atoms with Crippen molar-refractivity contribution < 1.29 is 22.7 Å².